The van der Waals surface area contributed by atoms with Crippen molar-refractivity contribution in [1.29, 1.82) is 0 Å². The summed E-state index contributed by atoms with van der Waals surface area (Å²) in [5.41, 5.74) is 2.35. The van der Waals surface area contributed by atoms with Crippen molar-refractivity contribution in [3.8, 4) is 11.5 Å². The van der Waals surface area contributed by atoms with Gasteiger partial charge in [-0.2, -0.15) is 10.1 Å². The van der Waals surface area contributed by atoms with Crippen LogP contribution < -0.4 is 9.47 Å². The average Bonchev–Trinajstić information content (AvgIpc) is 3.20. The molecule has 3 aliphatic rings. The first-order chi connectivity index (χ1) is 13.4. The third-order valence-electron chi connectivity index (χ3n) is 4.86. The number of benzene rings is 2. The Hall–Kier alpha value is -3.14. The molecular formula is C18H13BrN4O5. The molecule has 0 aromatic heterocycles. The molecule has 9 nitrogen and oxygen atoms in total. The summed E-state index contributed by atoms with van der Waals surface area (Å²) in [4.78, 5) is 16.2. The Morgan fingerprint density at radius 2 is 1.93 bits per heavy atom. The van der Waals surface area contributed by atoms with Gasteiger partial charge in [-0.1, -0.05) is 5.16 Å². The third kappa shape index (κ3) is 2.52. The summed E-state index contributed by atoms with van der Waals surface area (Å²) in [5.74, 6) is 1.30. The molecule has 0 N–H and O–H groups in total. The number of hydrazone groups is 1. The smallest absolute Gasteiger partial charge is 0.269 e. The molecule has 0 spiro atoms. The largest absolute Gasteiger partial charge is 0.454 e. The van der Waals surface area contributed by atoms with Gasteiger partial charge in [0, 0.05) is 29.7 Å². The van der Waals surface area contributed by atoms with Crippen molar-refractivity contribution in [2.45, 2.75) is 19.1 Å². The Bertz CT molecular complexity index is 1070. The van der Waals surface area contributed by atoms with E-state index in [4.69, 9.17) is 19.4 Å². The van der Waals surface area contributed by atoms with E-state index in [1.807, 2.05) is 19.1 Å². The molecule has 3 heterocycles. The summed E-state index contributed by atoms with van der Waals surface area (Å²) in [6.07, 6.45) is 0.498. The van der Waals surface area contributed by atoms with Gasteiger partial charge in [-0.15, -0.1) is 0 Å². The second-order valence-electron chi connectivity index (χ2n) is 6.73. The van der Waals surface area contributed by atoms with E-state index >= 15 is 0 Å². The van der Waals surface area contributed by atoms with E-state index < -0.39 is 10.6 Å². The molecule has 0 aliphatic carbocycles. The predicted molar refractivity (Wildman–Crippen MR) is 103 cm³/mol. The predicted octanol–water partition coefficient (Wildman–Crippen LogP) is 3.35. The molecule has 1 unspecified atom stereocenters. The molecule has 2 aromatic carbocycles. The summed E-state index contributed by atoms with van der Waals surface area (Å²) < 4.78 is 11.5. The number of amidine groups is 1. The Kier molecular flexibility index (Phi) is 3.60. The first-order valence-electron chi connectivity index (χ1n) is 8.43. The van der Waals surface area contributed by atoms with Gasteiger partial charge < -0.3 is 14.3 Å². The van der Waals surface area contributed by atoms with E-state index in [-0.39, 0.29) is 12.5 Å². The Labute approximate surface area is 167 Å². The number of nitrogens with zero attached hydrogens (tertiary/aromatic N) is 4. The van der Waals surface area contributed by atoms with E-state index in [1.54, 1.807) is 17.1 Å². The Morgan fingerprint density at radius 1 is 1.21 bits per heavy atom. The van der Waals surface area contributed by atoms with Crippen LogP contribution in [0, 0.1) is 10.1 Å². The van der Waals surface area contributed by atoms with E-state index in [0.29, 0.717) is 28.4 Å². The molecule has 0 radical (unpaired) electrons. The lowest BCUT2D eigenvalue weighted by atomic mass is 9.93. The van der Waals surface area contributed by atoms with Gasteiger partial charge >= 0.3 is 0 Å². The molecule has 10 heteroatoms. The quantitative estimate of drug-likeness (QED) is 0.400. The maximum absolute atomic E-state index is 11.0. The van der Waals surface area contributed by atoms with Crippen LogP contribution in [0.4, 0.5) is 5.69 Å². The molecule has 0 bridgehead atoms. The molecule has 28 heavy (non-hydrogen) atoms. The number of nitro benzene ring substituents is 1. The van der Waals surface area contributed by atoms with Crippen LogP contribution in [0.3, 0.4) is 0 Å². The van der Waals surface area contributed by atoms with Gasteiger partial charge in [-0.25, -0.2) is 0 Å². The van der Waals surface area contributed by atoms with Crippen molar-refractivity contribution in [3.05, 3.63) is 63.2 Å². The van der Waals surface area contributed by atoms with E-state index in [9.17, 15) is 10.1 Å². The minimum Gasteiger partial charge on any atom is -0.454 e. The van der Waals surface area contributed by atoms with Crippen LogP contribution in [0.1, 0.15) is 23.6 Å². The van der Waals surface area contributed by atoms with Crippen LogP contribution >= 0.6 is 15.9 Å². The summed E-state index contributed by atoms with van der Waals surface area (Å²) in [6.45, 7) is 2.05. The summed E-state index contributed by atoms with van der Waals surface area (Å²) >= 11 is 3.38. The standard InChI is InChI=1S/C18H13BrN4O5/c1-18-8-11-6-14-15(27-9-26-14)7-13(11)16(20-22(18)17(19)21-28-18)10-2-4-12(5-3-10)23(24)25/h2-7H,8-9H2,1H3. The van der Waals surface area contributed by atoms with E-state index in [0.717, 1.165) is 16.7 Å². The number of oxime groups is 1. The number of ether oxygens (including phenoxy) is 2. The zero-order valence-electron chi connectivity index (χ0n) is 14.6. The first kappa shape index (κ1) is 17.0. The van der Waals surface area contributed by atoms with Gasteiger partial charge in [0.15, 0.2) is 11.5 Å². The fraction of sp³-hybridized carbons (Fsp3) is 0.222. The highest BCUT2D eigenvalue weighted by Crippen LogP contribution is 2.41. The van der Waals surface area contributed by atoms with Crippen molar-refractivity contribution < 1.29 is 19.2 Å². The second-order valence-corrected chi connectivity index (χ2v) is 7.44. The monoisotopic (exact) mass is 444 g/mol. The lowest BCUT2D eigenvalue weighted by Crippen LogP contribution is -2.42. The molecular weight excluding hydrogens is 432 g/mol. The zero-order valence-corrected chi connectivity index (χ0v) is 16.2. The van der Waals surface area contributed by atoms with Gasteiger partial charge in [0.2, 0.25) is 17.3 Å². The first-order valence-corrected chi connectivity index (χ1v) is 9.22. The van der Waals surface area contributed by atoms with Crippen molar-refractivity contribution >= 4 is 32.1 Å². The van der Waals surface area contributed by atoms with Gasteiger partial charge in [0.1, 0.15) is 0 Å². The van der Waals surface area contributed by atoms with Crippen LogP contribution in [0.15, 0.2) is 46.7 Å². The van der Waals surface area contributed by atoms with Crippen LogP contribution in [0.5, 0.6) is 11.5 Å². The number of hydrogen-bond acceptors (Lipinski definition) is 8. The van der Waals surface area contributed by atoms with E-state index in [1.165, 1.54) is 12.1 Å². The molecule has 2 aromatic rings. The molecule has 0 fully saturated rings. The number of halogens is 1. The van der Waals surface area contributed by atoms with Crippen LogP contribution in [0.2, 0.25) is 0 Å². The second kappa shape index (κ2) is 5.93. The number of non-ortho nitro benzene ring substituents is 1. The Balaban J connectivity index is 1.71. The van der Waals surface area contributed by atoms with Crippen LogP contribution in [-0.4, -0.2) is 32.9 Å². The number of hydrogen-bond donors (Lipinski definition) is 0. The van der Waals surface area contributed by atoms with Crippen molar-refractivity contribution in [1.82, 2.24) is 5.01 Å². The molecule has 5 rings (SSSR count). The minimum atomic E-state index is -0.816. The Morgan fingerprint density at radius 3 is 2.64 bits per heavy atom. The van der Waals surface area contributed by atoms with Crippen molar-refractivity contribution in [2.75, 3.05) is 6.79 Å². The highest BCUT2D eigenvalue weighted by molar-refractivity contribution is 9.18. The topological polar surface area (TPSA) is 98.8 Å². The number of nitro groups is 1. The summed E-state index contributed by atoms with van der Waals surface area (Å²) in [5, 5.41) is 21.5. The average molecular weight is 445 g/mol. The SMILES string of the molecule is CC12Cc3cc4c(cc3C(c3ccc([N+](=O)[O-])cc3)=NN1C(Br)=NO2)OCO4. The zero-order chi connectivity index (χ0) is 19.5. The highest BCUT2D eigenvalue weighted by atomic mass is 79.9. The fourth-order valence-corrected chi connectivity index (χ4v) is 4.00. The molecule has 142 valence electrons. The third-order valence-corrected chi connectivity index (χ3v) is 5.34. The summed E-state index contributed by atoms with van der Waals surface area (Å²) in [7, 11) is 0. The highest BCUT2D eigenvalue weighted by Gasteiger charge is 2.45. The summed E-state index contributed by atoms with van der Waals surface area (Å²) in [6, 6.07) is 10.1. The van der Waals surface area contributed by atoms with E-state index in [2.05, 4.69) is 21.1 Å². The van der Waals surface area contributed by atoms with Gasteiger partial charge in [0.05, 0.1) is 10.6 Å². The normalized spacial score (nSPS) is 21.9. The van der Waals surface area contributed by atoms with Gasteiger partial charge in [0.25, 0.3) is 5.69 Å². The molecule has 1 atom stereocenters. The van der Waals surface area contributed by atoms with Gasteiger partial charge in [-0.05, 0) is 52.7 Å². The molecule has 0 saturated carbocycles. The van der Waals surface area contributed by atoms with Crippen molar-refractivity contribution in [3.63, 3.8) is 0 Å². The fourth-order valence-electron chi connectivity index (χ4n) is 3.47. The lowest BCUT2D eigenvalue weighted by molar-refractivity contribution is -0.384. The maximum atomic E-state index is 11.0. The van der Waals surface area contributed by atoms with Crippen molar-refractivity contribution in [2.24, 2.45) is 10.3 Å². The molecule has 3 aliphatic heterocycles. The number of rotatable bonds is 2. The lowest BCUT2D eigenvalue weighted by Gasteiger charge is -2.27. The number of fused-ring (bicyclic) bond motifs is 3. The van der Waals surface area contributed by atoms with Crippen LogP contribution in [-0.2, 0) is 11.3 Å². The molecule has 0 saturated heterocycles. The molecule has 0 amide bonds. The maximum Gasteiger partial charge on any atom is 0.269 e. The van der Waals surface area contributed by atoms with Crippen LogP contribution in [0.25, 0.3) is 0 Å². The van der Waals surface area contributed by atoms with Gasteiger partial charge in [-0.3, -0.25) is 10.1 Å². The minimum absolute atomic E-state index is 0.0148.